The van der Waals surface area contributed by atoms with Crippen molar-refractivity contribution in [3.8, 4) is 11.4 Å². The molecule has 1 amide bonds. The van der Waals surface area contributed by atoms with Crippen LogP contribution in [0.2, 0.25) is 0 Å². The van der Waals surface area contributed by atoms with Gasteiger partial charge in [-0.25, -0.2) is 9.37 Å². The summed E-state index contributed by atoms with van der Waals surface area (Å²) >= 11 is 0. The summed E-state index contributed by atoms with van der Waals surface area (Å²) in [7, 11) is 1.57. The molecule has 1 aliphatic carbocycles. The van der Waals surface area contributed by atoms with Crippen LogP contribution in [0.5, 0.6) is 5.75 Å². The van der Waals surface area contributed by atoms with Crippen LogP contribution in [0.15, 0.2) is 61.1 Å². The highest BCUT2D eigenvalue weighted by molar-refractivity contribution is 5.92. The number of methoxy groups -OCH3 is 1. The molecule has 2 aromatic carbocycles. The number of hydrogen-bond acceptors (Lipinski definition) is 3. The van der Waals surface area contributed by atoms with Crippen LogP contribution >= 0.6 is 0 Å². The van der Waals surface area contributed by atoms with Crippen molar-refractivity contribution < 1.29 is 13.9 Å². The zero-order valence-corrected chi connectivity index (χ0v) is 16.1. The third-order valence-electron chi connectivity index (χ3n) is 5.13. The summed E-state index contributed by atoms with van der Waals surface area (Å²) in [5, 5.41) is 3.08. The van der Waals surface area contributed by atoms with E-state index in [0.29, 0.717) is 11.4 Å². The van der Waals surface area contributed by atoms with Gasteiger partial charge in [-0.15, -0.1) is 0 Å². The van der Waals surface area contributed by atoms with Crippen molar-refractivity contribution in [1.82, 2.24) is 14.9 Å². The number of amides is 1. The van der Waals surface area contributed by atoms with Crippen molar-refractivity contribution in [3.63, 3.8) is 0 Å². The van der Waals surface area contributed by atoms with E-state index in [9.17, 15) is 9.18 Å². The Morgan fingerprint density at radius 2 is 2.21 bits per heavy atom. The second kappa shape index (κ2) is 8.31. The van der Waals surface area contributed by atoms with Gasteiger partial charge in [0, 0.05) is 12.3 Å². The van der Waals surface area contributed by atoms with Gasteiger partial charge in [0.15, 0.2) is 0 Å². The molecule has 0 radical (unpaired) electrons. The number of alkyl halides is 1. The van der Waals surface area contributed by atoms with Gasteiger partial charge in [0.25, 0.3) is 0 Å². The number of rotatable bonds is 6. The zero-order valence-electron chi connectivity index (χ0n) is 16.1. The molecule has 3 aromatic rings. The van der Waals surface area contributed by atoms with Crippen LogP contribution in [0.1, 0.15) is 34.8 Å². The summed E-state index contributed by atoms with van der Waals surface area (Å²) in [6, 6.07) is 13.8. The molecule has 0 spiro atoms. The van der Waals surface area contributed by atoms with Crippen molar-refractivity contribution >= 4 is 12.0 Å². The Morgan fingerprint density at radius 1 is 1.34 bits per heavy atom. The van der Waals surface area contributed by atoms with Gasteiger partial charge in [-0.2, -0.15) is 0 Å². The summed E-state index contributed by atoms with van der Waals surface area (Å²) in [6.07, 6.45) is 8.38. The SMILES string of the molecule is COc1cc(C=CC(=O)NC2CCc3ccccc32)ccc1-n1cnc(CF)c1. The quantitative estimate of drug-likeness (QED) is 0.642. The molecular weight excluding hydrogens is 369 g/mol. The van der Waals surface area contributed by atoms with E-state index in [4.69, 9.17) is 4.74 Å². The monoisotopic (exact) mass is 391 g/mol. The van der Waals surface area contributed by atoms with E-state index in [1.807, 2.05) is 30.3 Å². The number of aromatic nitrogens is 2. The molecule has 29 heavy (non-hydrogen) atoms. The Hall–Kier alpha value is -3.41. The first-order valence-corrected chi connectivity index (χ1v) is 9.51. The molecule has 1 heterocycles. The van der Waals surface area contributed by atoms with Crippen LogP contribution in [0.4, 0.5) is 4.39 Å². The number of carbonyl (C=O) groups is 1. The molecule has 0 fully saturated rings. The third kappa shape index (κ3) is 4.06. The van der Waals surface area contributed by atoms with E-state index in [1.165, 1.54) is 17.2 Å². The second-order valence-corrected chi connectivity index (χ2v) is 6.97. The predicted octanol–water partition coefficient (Wildman–Crippen LogP) is 4.17. The predicted molar refractivity (Wildman–Crippen MR) is 110 cm³/mol. The van der Waals surface area contributed by atoms with Crippen molar-refractivity contribution in [1.29, 1.82) is 0 Å². The first-order chi connectivity index (χ1) is 14.2. The van der Waals surface area contributed by atoms with Crippen molar-refractivity contribution in [2.45, 2.75) is 25.6 Å². The topological polar surface area (TPSA) is 56.1 Å². The Kier molecular flexibility index (Phi) is 5.42. The van der Waals surface area contributed by atoms with Crippen LogP contribution in [0.25, 0.3) is 11.8 Å². The lowest BCUT2D eigenvalue weighted by Crippen LogP contribution is -2.25. The summed E-state index contributed by atoms with van der Waals surface area (Å²) in [6.45, 7) is -0.614. The first-order valence-electron chi connectivity index (χ1n) is 9.51. The van der Waals surface area contributed by atoms with Gasteiger partial charge < -0.3 is 14.6 Å². The van der Waals surface area contributed by atoms with Gasteiger partial charge >= 0.3 is 0 Å². The van der Waals surface area contributed by atoms with Crippen LogP contribution < -0.4 is 10.1 Å². The number of imidazole rings is 1. The van der Waals surface area contributed by atoms with Gasteiger partial charge in [0.05, 0.1) is 30.9 Å². The van der Waals surface area contributed by atoms with E-state index in [2.05, 4.69) is 22.4 Å². The molecule has 5 nitrogen and oxygen atoms in total. The molecule has 1 N–H and O–H groups in total. The Labute approximate surface area is 168 Å². The summed E-state index contributed by atoms with van der Waals surface area (Å²) < 4.78 is 19.9. The fraction of sp³-hybridized carbons (Fsp3) is 0.217. The standard InChI is InChI=1S/C23H22FN3O2/c1-29-22-12-16(6-10-21(22)27-14-18(13-24)25-15-27)7-11-23(28)26-20-9-8-17-4-2-3-5-19(17)20/h2-7,10-12,14-15,20H,8-9,13H2,1H3,(H,26,28). The minimum absolute atomic E-state index is 0.0613. The number of halogens is 1. The van der Waals surface area contributed by atoms with E-state index in [-0.39, 0.29) is 11.9 Å². The molecule has 0 saturated carbocycles. The number of fused-ring (bicyclic) bond motifs is 1. The molecule has 0 aliphatic heterocycles. The van der Waals surface area contributed by atoms with Crippen molar-refractivity contribution in [2.75, 3.05) is 7.11 Å². The number of nitrogens with zero attached hydrogens (tertiary/aromatic N) is 2. The Morgan fingerprint density at radius 3 is 3.00 bits per heavy atom. The highest BCUT2D eigenvalue weighted by Crippen LogP contribution is 2.30. The number of aryl methyl sites for hydroxylation is 1. The van der Waals surface area contributed by atoms with E-state index in [1.54, 1.807) is 30.3 Å². The smallest absolute Gasteiger partial charge is 0.244 e. The maximum atomic E-state index is 12.8. The average Bonchev–Trinajstić information content (AvgIpc) is 3.39. The number of nitrogens with one attached hydrogen (secondary N) is 1. The lowest BCUT2D eigenvalue weighted by Gasteiger charge is -2.12. The normalized spacial score (nSPS) is 15.4. The Bertz CT molecular complexity index is 1060. The molecule has 148 valence electrons. The number of benzene rings is 2. The lowest BCUT2D eigenvalue weighted by molar-refractivity contribution is -0.117. The molecule has 1 aromatic heterocycles. The maximum Gasteiger partial charge on any atom is 0.244 e. The number of ether oxygens (including phenoxy) is 1. The van der Waals surface area contributed by atoms with Crippen LogP contribution in [-0.2, 0) is 17.9 Å². The number of carbonyl (C=O) groups excluding carboxylic acids is 1. The molecular formula is C23H22FN3O2. The first kappa shape index (κ1) is 18.9. The summed E-state index contributed by atoms with van der Waals surface area (Å²) in [5.41, 5.74) is 4.45. The van der Waals surface area contributed by atoms with E-state index < -0.39 is 6.67 Å². The summed E-state index contributed by atoms with van der Waals surface area (Å²) in [5.74, 6) is 0.483. The minimum atomic E-state index is -0.614. The molecule has 0 bridgehead atoms. The van der Waals surface area contributed by atoms with Gasteiger partial charge in [0.2, 0.25) is 5.91 Å². The van der Waals surface area contributed by atoms with Crippen molar-refractivity contribution in [3.05, 3.63) is 83.4 Å². The summed E-state index contributed by atoms with van der Waals surface area (Å²) in [4.78, 5) is 16.4. The van der Waals surface area contributed by atoms with Gasteiger partial charge in [-0.1, -0.05) is 30.3 Å². The molecule has 0 saturated heterocycles. The Balaban J connectivity index is 1.46. The minimum Gasteiger partial charge on any atom is -0.495 e. The lowest BCUT2D eigenvalue weighted by atomic mass is 10.1. The highest BCUT2D eigenvalue weighted by Gasteiger charge is 2.22. The molecule has 4 rings (SSSR count). The van der Waals surface area contributed by atoms with Gasteiger partial charge in [-0.3, -0.25) is 4.79 Å². The average molecular weight is 391 g/mol. The third-order valence-corrected chi connectivity index (χ3v) is 5.13. The van der Waals surface area contributed by atoms with Crippen LogP contribution in [0.3, 0.4) is 0 Å². The fourth-order valence-corrected chi connectivity index (χ4v) is 3.67. The molecule has 1 atom stereocenters. The molecule has 1 unspecified atom stereocenters. The number of hydrogen-bond donors (Lipinski definition) is 1. The van der Waals surface area contributed by atoms with E-state index >= 15 is 0 Å². The largest absolute Gasteiger partial charge is 0.495 e. The van der Waals surface area contributed by atoms with Gasteiger partial charge in [0.1, 0.15) is 12.4 Å². The zero-order chi connectivity index (χ0) is 20.2. The van der Waals surface area contributed by atoms with E-state index in [0.717, 1.165) is 24.1 Å². The molecule has 6 heteroatoms. The highest BCUT2D eigenvalue weighted by atomic mass is 19.1. The van der Waals surface area contributed by atoms with Crippen molar-refractivity contribution in [2.24, 2.45) is 0 Å². The second-order valence-electron chi connectivity index (χ2n) is 6.97. The van der Waals surface area contributed by atoms with Crippen LogP contribution in [-0.4, -0.2) is 22.6 Å². The van der Waals surface area contributed by atoms with Crippen LogP contribution in [0, 0.1) is 0 Å². The fourth-order valence-electron chi connectivity index (χ4n) is 3.67. The van der Waals surface area contributed by atoms with Gasteiger partial charge in [-0.05, 0) is 47.7 Å². The molecule has 1 aliphatic rings. The maximum absolute atomic E-state index is 12.8.